The van der Waals surface area contributed by atoms with Crippen molar-refractivity contribution in [2.45, 2.75) is 70.2 Å². The monoisotopic (exact) mass is 282 g/mol. The molecule has 0 radical (unpaired) electrons. The molecule has 0 aromatic carbocycles. The number of aliphatic hydroxyl groups excluding tert-OH is 1. The van der Waals surface area contributed by atoms with E-state index in [1.165, 1.54) is 0 Å². The lowest BCUT2D eigenvalue weighted by atomic mass is 9.79. The van der Waals surface area contributed by atoms with E-state index in [9.17, 15) is 5.11 Å². The second-order valence-corrected chi connectivity index (χ2v) is 7.47. The van der Waals surface area contributed by atoms with E-state index in [0.29, 0.717) is 48.8 Å². The standard InChI is InChI=1S/C16H26O4/c1-8-3-12-14(19-12)5-10(8)7-18-16(17)11-6-15-13(20-15)4-9(11)2/h8-17H,3-7H2,1-2H3. The smallest absolute Gasteiger partial charge is 0.157 e. The van der Waals surface area contributed by atoms with Gasteiger partial charge in [0.25, 0.3) is 0 Å². The van der Waals surface area contributed by atoms with Crippen LogP contribution in [0.3, 0.4) is 0 Å². The first kappa shape index (κ1) is 13.5. The van der Waals surface area contributed by atoms with Gasteiger partial charge in [0.1, 0.15) is 0 Å². The van der Waals surface area contributed by atoms with Crippen molar-refractivity contribution >= 4 is 0 Å². The Hall–Kier alpha value is -0.160. The lowest BCUT2D eigenvalue weighted by molar-refractivity contribution is -0.161. The van der Waals surface area contributed by atoms with E-state index in [1.807, 2.05) is 0 Å². The van der Waals surface area contributed by atoms with Crippen molar-refractivity contribution in [2.75, 3.05) is 6.61 Å². The molecule has 9 atom stereocenters. The van der Waals surface area contributed by atoms with E-state index in [-0.39, 0.29) is 5.92 Å². The van der Waals surface area contributed by atoms with Crippen LogP contribution in [0.2, 0.25) is 0 Å². The number of fused-ring (bicyclic) bond motifs is 2. The number of epoxide rings is 2. The third-order valence-corrected chi connectivity index (χ3v) is 6.01. The van der Waals surface area contributed by atoms with Gasteiger partial charge < -0.3 is 19.3 Å². The second kappa shape index (κ2) is 4.94. The summed E-state index contributed by atoms with van der Waals surface area (Å²) in [6.07, 6.45) is 5.53. The zero-order valence-electron chi connectivity index (χ0n) is 12.4. The van der Waals surface area contributed by atoms with Crippen LogP contribution in [0.5, 0.6) is 0 Å². The maximum absolute atomic E-state index is 10.4. The van der Waals surface area contributed by atoms with Gasteiger partial charge in [0.05, 0.1) is 31.0 Å². The van der Waals surface area contributed by atoms with Crippen LogP contribution in [0.15, 0.2) is 0 Å². The molecule has 114 valence electrons. The van der Waals surface area contributed by atoms with Gasteiger partial charge in [0.2, 0.25) is 0 Å². The summed E-state index contributed by atoms with van der Waals surface area (Å²) < 4.78 is 17.0. The van der Waals surface area contributed by atoms with E-state index in [2.05, 4.69) is 13.8 Å². The molecule has 4 aliphatic rings. The number of hydrogen-bond acceptors (Lipinski definition) is 4. The topological polar surface area (TPSA) is 54.5 Å². The highest BCUT2D eigenvalue weighted by Crippen LogP contribution is 2.45. The third kappa shape index (κ3) is 2.52. The average Bonchev–Trinajstić information content (AvgIpc) is 3.29. The van der Waals surface area contributed by atoms with Crippen LogP contribution in [0.25, 0.3) is 0 Å². The van der Waals surface area contributed by atoms with Crippen molar-refractivity contribution in [1.29, 1.82) is 0 Å². The van der Waals surface area contributed by atoms with Crippen molar-refractivity contribution in [3.8, 4) is 0 Å². The molecule has 4 nitrogen and oxygen atoms in total. The van der Waals surface area contributed by atoms with Crippen molar-refractivity contribution in [2.24, 2.45) is 23.7 Å². The minimum Gasteiger partial charge on any atom is -0.370 e. The molecule has 0 bridgehead atoms. The van der Waals surface area contributed by atoms with Gasteiger partial charge >= 0.3 is 0 Å². The Morgan fingerprint density at radius 2 is 1.55 bits per heavy atom. The normalized spacial score (nSPS) is 54.8. The summed E-state index contributed by atoms with van der Waals surface area (Å²) in [4.78, 5) is 0. The molecule has 0 spiro atoms. The summed E-state index contributed by atoms with van der Waals surface area (Å²) in [5, 5.41) is 10.4. The van der Waals surface area contributed by atoms with Gasteiger partial charge in [-0.05, 0) is 43.4 Å². The Morgan fingerprint density at radius 1 is 0.950 bits per heavy atom. The van der Waals surface area contributed by atoms with E-state index in [1.54, 1.807) is 0 Å². The molecule has 2 heterocycles. The van der Waals surface area contributed by atoms with Crippen LogP contribution in [0, 0.1) is 23.7 Å². The molecule has 0 aromatic heterocycles. The zero-order chi connectivity index (χ0) is 13.9. The summed E-state index contributed by atoms with van der Waals surface area (Å²) in [5.74, 6) is 1.92. The molecule has 1 N–H and O–H groups in total. The maximum Gasteiger partial charge on any atom is 0.157 e. The Labute approximate surface area is 120 Å². The Kier molecular flexibility index (Phi) is 3.33. The fourth-order valence-corrected chi connectivity index (χ4v) is 4.29. The van der Waals surface area contributed by atoms with Crippen LogP contribution >= 0.6 is 0 Å². The Balaban J connectivity index is 1.27. The summed E-state index contributed by atoms with van der Waals surface area (Å²) in [7, 11) is 0. The fourth-order valence-electron chi connectivity index (χ4n) is 4.29. The van der Waals surface area contributed by atoms with Crippen LogP contribution in [0.4, 0.5) is 0 Å². The number of hydrogen-bond donors (Lipinski definition) is 1. The van der Waals surface area contributed by atoms with Gasteiger partial charge in [-0.3, -0.25) is 0 Å². The van der Waals surface area contributed by atoms with Crippen molar-refractivity contribution in [1.82, 2.24) is 0 Å². The van der Waals surface area contributed by atoms with Crippen LogP contribution < -0.4 is 0 Å². The van der Waals surface area contributed by atoms with E-state index in [4.69, 9.17) is 14.2 Å². The quantitative estimate of drug-likeness (QED) is 0.632. The second-order valence-electron chi connectivity index (χ2n) is 7.47. The van der Waals surface area contributed by atoms with Crippen LogP contribution in [-0.4, -0.2) is 42.4 Å². The predicted octanol–water partition coefficient (Wildman–Crippen LogP) is 1.95. The highest BCUT2D eigenvalue weighted by atomic mass is 16.6. The summed E-state index contributed by atoms with van der Waals surface area (Å²) in [6, 6.07) is 0. The Morgan fingerprint density at radius 3 is 2.30 bits per heavy atom. The number of aliphatic hydroxyl groups is 1. The van der Waals surface area contributed by atoms with Gasteiger partial charge in [0.15, 0.2) is 6.29 Å². The zero-order valence-corrected chi connectivity index (χ0v) is 12.4. The van der Waals surface area contributed by atoms with Crippen LogP contribution in [-0.2, 0) is 14.2 Å². The molecule has 20 heavy (non-hydrogen) atoms. The predicted molar refractivity (Wildman–Crippen MR) is 73.1 cm³/mol. The minimum absolute atomic E-state index is 0.238. The molecule has 2 saturated carbocycles. The van der Waals surface area contributed by atoms with Gasteiger partial charge in [-0.2, -0.15) is 0 Å². The summed E-state index contributed by atoms with van der Waals surface area (Å²) in [5.41, 5.74) is 0. The van der Waals surface area contributed by atoms with Crippen molar-refractivity contribution < 1.29 is 19.3 Å². The molecule has 2 aliphatic carbocycles. The molecule has 0 aromatic rings. The summed E-state index contributed by atoms with van der Waals surface area (Å²) in [6.45, 7) is 5.16. The molecule has 4 fully saturated rings. The number of ether oxygens (including phenoxy) is 3. The van der Waals surface area contributed by atoms with Crippen molar-refractivity contribution in [3.63, 3.8) is 0 Å². The molecule has 0 amide bonds. The maximum atomic E-state index is 10.4. The SMILES string of the molecule is CC1CC2OC2CC1COC(O)C1CC2OC2CC1C. The van der Waals surface area contributed by atoms with Gasteiger partial charge in [-0.1, -0.05) is 13.8 Å². The van der Waals surface area contributed by atoms with Crippen molar-refractivity contribution in [3.05, 3.63) is 0 Å². The van der Waals surface area contributed by atoms with E-state index >= 15 is 0 Å². The van der Waals surface area contributed by atoms with Crippen LogP contribution in [0.1, 0.15) is 39.5 Å². The molecule has 4 rings (SSSR count). The highest BCUT2D eigenvalue weighted by molar-refractivity contribution is 4.96. The third-order valence-electron chi connectivity index (χ3n) is 6.01. The largest absolute Gasteiger partial charge is 0.370 e. The lowest BCUT2D eigenvalue weighted by Crippen LogP contribution is -2.36. The first-order valence-corrected chi connectivity index (χ1v) is 8.22. The van der Waals surface area contributed by atoms with E-state index in [0.717, 1.165) is 25.7 Å². The van der Waals surface area contributed by atoms with Gasteiger partial charge in [-0.15, -0.1) is 0 Å². The average molecular weight is 282 g/mol. The first-order chi connectivity index (χ1) is 9.61. The molecule has 2 aliphatic heterocycles. The number of rotatable bonds is 4. The Bertz CT molecular complexity index is 373. The molecule has 2 saturated heterocycles. The minimum atomic E-state index is -0.625. The lowest BCUT2D eigenvalue weighted by Gasteiger charge is -2.32. The molecule has 4 heteroatoms. The summed E-state index contributed by atoms with van der Waals surface area (Å²) >= 11 is 0. The van der Waals surface area contributed by atoms with E-state index < -0.39 is 6.29 Å². The van der Waals surface area contributed by atoms with Gasteiger partial charge in [0, 0.05) is 5.92 Å². The molecule has 9 unspecified atom stereocenters. The first-order valence-electron chi connectivity index (χ1n) is 8.22. The molecular weight excluding hydrogens is 256 g/mol. The molecular formula is C16H26O4. The highest BCUT2D eigenvalue weighted by Gasteiger charge is 2.50. The fraction of sp³-hybridized carbons (Fsp3) is 1.00. The van der Waals surface area contributed by atoms with Gasteiger partial charge in [-0.25, -0.2) is 0 Å².